The molecule has 3 aliphatic rings. The third-order valence-corrected chi connectivity index (χ3v) is 8.71. The topological polar surface area (TPSA) is 102 Å². The molecule has 0 bridgehead atoms. The molecule has 1 saturated carbocycles. The van der Waals surface area contributed by atoms with Crippen LogP contribution in [-0.4, -0.2) is 77.8 Å². The molecule has 0 radical (unpaired) electrons. The molecule has 10 nitrogen and oxygen atoms in total. The van der Waals surface area contributed by atoms with Gasteiger partial charge in [-0.2, -0.15) is 0 Å². The Morgan fingerprint density at radius 3 is 2.74 bits per heavy atom. The summed E-state index contributed by atoms with van der Waals surface area (Å²) in [5.74, 6) is 1.47. The molecule has 1 aromatic carbocycles. The van der Waals surface area contributed by atoms with Crippen LogP contribution in [0.5, 0.6) is 17.2 Å². The fraction of sp³-hybridized carbons (Fsp3) is 0.500. The first-order valence-corrected chi connectivity index (χ1v) is 15.0. The summed E-state index contributed by atoms with van der Waals surface area (Å²) in [5, 5.41) is 3.52. The van der Waals surface area contributed by atoms with Crippen molar-refractivity contribution >= 4 is 11.7 Å². The van der Waals surface area contributed by atoms with Gasteiger partial charge in [-0.05, 0) is 57.9 Å². The minimum atomic E-state index is -0.496. The van der Waals surface area contributed by atoms with Crippen LogP contribution in [0, 0.1) is 11.2 Å². The molecule has 3 aromatic rings. The molecule has 1 N–H and O–H groups in total. The van der Waals surface area contributed by atoms with Crippen molar-refractivity contribution in [2.75, 3.05) is 44.8 Å². The Hall–Kier alpha value is -3.83. The van der Waals surface area contributed by atoms with Gasteiger partial charge in [-0.3, -0.25) is 9.78 Å². The Bertz CT molecular complexity index is 1470. The van der Waals surface area contributed by atoms with Crippen LogP contribution in [0.1, 0.15) is 61.3 Å². The number of fused-ring (bicyclic) bond motifs is 1. The first-order valence-electron chi connectivity index (χ1n) is 15.0. The van der Waals surface area contributed by atoms with E-state index in [0.717, 1.165) is 55.9 Å². The third kappa shape index (κ3) is 5.75. The van der Waals surface area contributed by atoms with E-state index >= 15 is 0 Å². The van der Waals surface area contributed by atoms with Gasteiger partial charge < -0.3 is 29.3 Å². The van der Waals surface area contributed by atoms with E-state index in [-0.39, 0.29) is 40.8 Å². The zero-order valence-electron chi connectivity index (χ0n) is 25.2. The van der Waals surface area contributed by atoms with Crippen LogP contribution in [-0.2, 0) is 11.2 Å². The van der Waals surface area contributed by atoms with E-state index < -0.39 is 5.82 Å². The van der Waals surface area contributed by atoms with Crippen LogP contribution in [0.25, 0.3) is 0 Å². The van der Waals surface area contributed by atoms with Crippen LogP contribution in [0.4, 0.5) is 10.2 Å². The highest BCUT2D eigenvalue weighted by Gasteiger charge is 2.54. The first kappa shape index (κ1) is 29.3. The maximum absolute atomic E-state index is 14.2. The number of benzene rings is 1. The van der Waals surface area contributed by atoms with Gasteiger partial charge in [0.05, 0.1) is 30.1 Å². The molecule has 1 saturated heterocycles. The van der Waals surface area contributed by atoms with Crippen LogP contribution < -0.4 is 19.7 Å². The number of carbonyl (C=O) groups is 1. The number of aromatic nitrogens is 3. The lowest BCUT2D eigenvalue weighted by Gasteiger charge is -2.59. The zero-order valence-corrected chi connectivity index (χ0v) is 25.2. The summed E-state index contributed by atoms with van der Waals surface area (Å²) in [6.45, 7) is 9.34. The number of carbonyl (C=O) groups excluding carboxylic acids is 1. The number of ether oxygens (including phenoxy) is 3. The second-order valence-corrected chi connectivity index (χ2v) is 12.0. The second-order valence-electron chi connectivity index (χ2n) is 12.0. The summed E-state index contributed by atoms with van der Waals surface area (Å²) in [6.07, 6.45) is 7.82. The van der Waals surface area contributed by atoms with E-state index in [4.69, 9.17) is 14.2 Å². The third-order valence-electron chi connectivity index (χ3n) is 8.71. The van der Waals surface area contributed by atoms with Gasteiger partial charge in [-0.15, -0.1) is 0 Å². The van der Waals surface area contributed by atoms with Crippen molar-refractivity contribution in [2.45, 2.75) is 58.2 Å². The van der Waals surface area contributed by atoms with Gasteiger partial charge >= 0.3 is 0 Å². The van der Waals surface area contributed by atoms with E-state index in [1.165, 1.54) is 24.5 Å². The largest absolute Gasteiger partial charge is 0.490 e. The summed E-state index contributed by atoms with van der Waals surface area (Å²) in [7, 11) is 1.71. The monoisotopic (exact) mass is 590 g/mol. The van der Waals surface area contributed by atoms with E-state index in [1.807, 2.05) is 33.0 Å². The van der Waals surface area contributed by atoms with E-state index in [9.17, 15) is 9.18 Å². The molecule has 1 atom stereocenters. The number of nitrogens with zero attached hydrogens (tertiary/aromatic N) is 5. The standard InChI is InChI=1S/C32H39FN6O4/c1-5-39(20(2)3)31(40)23-12-21(33)6-7-26(23)43-28-15-34-19-37-30(28)38-17-32(18-38)13-22(14-32)42-27-9-11-35-24-8-10-36-25(16-41-4)29(24)27/h6-7,9,11-12,15,19-20,22,25,36H,5,8,10,13-14,16-18H2,1-4H3. The Labute approximate surface area is 251 Å². The highest BCUT2D eigenvalue weighted by molar-refractivity contribution is 5.97. The summed E-state index contributed by atoms with van der Waals surface area (Å²) >= 11 is 0. The fourth-order valence-corrected chi connectivity index (χ4v) is 6.68. The van der Waals surface area contributed by atoms with Crippen molar-refractivity contribution in [3.63, 3.8) is 0 Å². The molecule has 4 heterocycles. The molecule has 1 aliphatic carbocycles. The minimum Gasteiger partial charge on any atom is -0.490 e. The molecule has 228 valence electrons. The molecule has 11 heteroatoms. The fourth-order valence-electron chi connectivity index (χ4n) is 6.68. The average Bonchev–Trinajstić information content (AvgIpc) is 2.95. The normalized spacial score (nSPS) is 19.0. The van der Waals surface area contributed by atoms with Crippen LogP contribution >= 0.6 is 0 Å². The lowest BCUT2D eigenvalue weighted by molar-refractivity contribution is -0.0353. The van der Waals surface area contributed by atoms with Gasteiger partial charge in [-0.1, -0.05) is 0 Å². The molecule has 2 fully saturated rings. The van der Waals surface area contributed by atoms with Crippen LogP contribution in [0.2, 0.25) is 0 Å². The lowest BCUT2D eigenvalue weighted by atomic mass is 9.61. The molecule has 6 rings (SSSR count). The Kier molecular flexibility index (Phi) is 8.19. The van der Waals surface area contributed by atoms with Crippen LogP contribution in [0.15, 0.2) is 43.0 Å². The van der Waals surface area contributed by atoms with Gasteiger partial charge in [0.2, 0.25) is 0 Å². The van der Waals surface area contributed by atoms with Gasteiger partial charge in [0.15, 0.2) is 11.6 Å². The maximum atomic E-state index is 14.2. The predicted molar refractivity (Wildman–Crippen MR) is 159 cm³/mol. The van der Waals surface area contributed by atoms with E-state index in [2.05, 4.69) is 25.2 Å². The van der Waals surface area contributed by atoms with Crippen molar-refractivity contribution in [3.05, 3.63) is 65.6 Å². The van der Waals surface area contributed by atoms with E-state index in [1.54, 1.807) is 18.2 Å². The SMILES string of the molecule is CCN(C(=O)c1cc(F)ccc1Oc1cncnc1N1CC2(CC(Oc3ccnc4c3C(COC)NCC4)C2)C1)C(C)C. The number of pyridine rings is 1. The van der Waals surface area contributed by atoms with Gasteiger partial charge in [0.1, 0.15) is 29.7 Å². The number of anilines is 1. The predicted octanol–water partition coefficient (Wildman–Crippen LogP) is 4.55. The summed E-state index contributed by atoms with van der Waals surface area (Å²) < 4.78 is 32.4. The van der Waals surface area contributed by atoms with Gasteiger partial charge in [0, 0.05) is 62.9 Å². The molecule has 1 amide bonds. The smallest absolute Gasteiger partial charge is 0.257 e. The number of methoxy groups -OCH3 is 1. The maximum Gasteiger partial charge on any atom is 0.257 e. The molecule has 1 unspecified atom stereocenters. The summed E-state index contributed by atoms with van der Waals surface area (Å²) in [6, 6.07) is 6.02. The summed E-state index contributed by atoms with van der Waals surface area (Å²) in [4.78, 5) is 30.4. The first-order chi connectivity index (χ1) is 20.8. The molecular weight excluding hydrogens is 551 g/mol. The second kappa shape index (κ2) is 12.0. The number of amides is 1. The van der Waals surface area contributed by atoms with Gasteiger partial charge in [0.25, 0.3) is 5.91 Å². The summed E-state index contributed by atoms with van der Waals surface area (Å²) in [5.41, 5.74) is 2.52. The van der Waals surface area contributed by atoms with Crippen molar-refractivity contribution in [2.24, 2.45) is 5.41 Å². The number of rotatable bonds is 10. The Balaban J connectivity index is 1.12. The van der Waals surface area contributed by atoms with Gasteiger partial charge in [-0.25, -0.2) is 14.4 Å². The number of halogens is 1. The van der Waals surface area contributed by atoms with Crippen molar-refractivity contribution < 1.29 is 23.4 Å². The number of hydrogen-bond donors (Lipinski definition) is 1. The zero-order chi connectivity index (χ0) is 30.1. The Morgan fingerprint density at radius 1 is 1.19 bits per heavy atom. The lowest BCUT2D eigenvalue weighted by Crippen LogP contribution is -2.65. The molecule has 1 spiro atoms. The number of hydrogen-bond acceptors (Lipinski definition) is 9. The molecule has 43 heavy (non-hydrogen) atoms. The number of nitrogens with one attached hydrogen (secondary N) is 1. The van der Waals surface area contributed by atoms with Crippen molar-refractivity contribution in [1.82, 2.24) is 25.2 Å². The quantitative estimate of drug-likeness (QED) is 0.364. The average molecular weight is 591 g/mol. The van der Waals surface area contributed by atoms with E-state index in [0.29, 0.717) is 24.7 Å². The minimum absolute atomic E-state index is 0.0378. The Morgan fingerprint density at radius 2 is 2.00 bits per heavy atom. The molecule has 2 aliphatic heterocycles. The highest BCUT2D eigenvalue weighted by Crippen LogP contribution is 2.52. The van der Waals surface area contributed by atoms with Crippen molar-refractivity contribution in [3.8, 4) is 17.2 Å². The van der Waals surface area contributed by atoms with Crippen LogP contribution in [0.3, 0.4) is 0 Å². The molecule has 2 aromatic heterocycles. The van der Waals surface area contributed by atoms with Crippen molar-refractivity contribution in [1.29, 1.82) is 0 Å². The highest BCUT2D eigenvalue weighted by atomic mass is 19.1. The molecular formula is C32H39FN6O4.